The van der Waals surface area contributed by atoms with Crippen LogP contribution >= 0.6 is 0 Å². The fourth-order valence-electron chi connectivity index (χ4n) is 8.08. The lowest BCUT2D eigenvalue weighted by atomic mass is 9.95. The molecule has 5 heteroatoms. The predicted molar refractivity (Wildman–Crippen MR) is 206 cm³/mol. The van der Waals surface area contributed by atoms with E-state index in [0.717, 1.165) is 27.8 Å². The second kappa shape index (κ2) is 10.3. The summed E-state index contributed by atoms with van der Waals surface area (Å²) in [4.78, 5) is 15.4. The summed E-state index contributed by atoms with van der Waals surface area (Å²) < 4.78 is 4.65. The number of nitrogens with zero attached hydrogens (tertiary/aromatic N) is 5. The van der Waals surface area contributed by atoms with E-state index in [1.165, 1.54) is 54.1 Å². The standard InChI is InChI=1S/C45H27N5/c1-4-14-28(15-5-1)43-46-44(29-16-6-2-7-17-29)48-45(47-43)50-37-26-12-22-33-31-20-10-24-35-39(31)40-32(34-23-13-27-38(50)42(34)41(33)37)21-11-25-36(40)49(35)30-18-8-3-9-19-30/h1-27H. The van der Waals surface area contributed by atoms with Crippen LogP contribution in [0.25, 0.3) is 99.6 Å². The van der Waals surface area contributed by atoms with E-state index in [1.54, 1.807) is 0 Å². The van der Waals surface area contributed by atoms with Crippen molar-refractivity contribution in [1.82, 2.24) is 24.1 Å². The number of benzene rings is 7. The van der Waals surface area contributed by atoms with Crippen molar-refractivity contribution in [2.45, 2.75) is 0 Å². The molecule has 11 aromatic rings. The third-order valence-corrected chi connectivity index (χ3v) is 10.1. The molecule has 0 amide bonds. The summed E-state index contributed by atoms with van der Waals surface area (Å²) in [6.45, 7) is 0. The maximum atomic E-state index is 5.19. The number of hydrogen-bond donors (Lipinski definition) is 0. The van der Waals surface area contributed by atoms with Crippen LogP contribution in [0.5, 0.6) is 0 Å². The lowest BCUT2D eigenvalue weighted by Crippen LogP contribution is -2.06. The second-order valence-corrected chi connectivity index (χ2v) is 12.8. The predicted octanol–water partition coefficient (Wildman–Crippen LogP) is 11.1. The van der Waals surface area contributed by atoms with Crippen molar-refractivity contribution in [3.05, 3.63) is 164 Å². The van der Waals surface area contributed by atoms with Crippen LogP contribution in [0.2, 0.25) is 0 Å². The highest BCUT2D eigenvalue weighted by molar-refractivity contribution is 6.37. The Balaban J connectivity index is 1.33. The van der Waals surface area contributed by atoms with Crippen molar-refractivity contribution < 1.29 is 0 Å². The first kappa shape index (κ1) is 27.1. The van der Waals surface area contributed by atoms with Gasteiger partial charge in [0, 0.05) is 38.4 Å². The highest BCUT2D eigenvalue weighted by Crippen LogP contribution is 2.46. The summed E-state index contributed by atoms with van der Waals surface area (Å²) in [7, 11) is 0. The quantitative estimate of drug-likeness (QED) is 0.193. The average Bonchev–Trinajstić information content (AvgIpc) is 3.72. The molecule has 5 nitrogen and oxygen atoms in total. The SMILES string of the molecule is c1ccc(-c2nc(-c3ccccc3)nc(-n3c4cccc5c6cccc7c6c6c(cccc6n7-c6ccccc6)c6cccc3c6c54)n2)cc1. The van der Waals surface area contributed by atoms with Gasteiger partial charge in [-0.05, 0) is 57.9 Å². The molecule has 0 aliphatic rings. The Morgan fingerprint density at radius 1 is 0.300 bits per heavy atom. The van der Waals surface area contributed by atoms with E-state index < -0.39 is 0 Å². The van der Waals surface area contributed by atoms with Gasteiger partial charge in [-0.2, -0.15) is 9.97 Å². The summed E-state index contributed by atoms with van der Waals surface area (Å²) in [5, 5.41) is 9.77. The lowest BCUT2D eigenvalue weighted by molar-refractivity contribution is 0.954. The Bertz CT molecular complexity index is 2890. The van der Waals surface area contributed by atoms with Crippen LogP contribution in [0.15, 0.2) is 164 Å². The molecule has 50 heavy (non-hydrogen) atoms. The molecular formula is C45H27N5. The van der Waals surface area contributed by atoms with Gasteiger partial charge in [-0.1, -0.05) is 127 Å². The molecule has 0 fully saturated rings. The monoisotopic (exact) mass is 637 g/mol. The first-order valence-corrected chi connectivity index (χ1v) is 16.9. The van der Waals surface area contributed by atoms with E-state index in [1.807, 2.05) is 36.4 Å². The Hall–Kier alpha value is -6.85. The molecule has 0 saturated heterocycles. The molecule has 0 bridgehead atoms. The molecule has 0 spiro atoms. The van der Waals surface area contributed by atoms with Gasteiger partial charge in [0.25, 0.3) is 0 Å². The zero-order valence-corrected chi connectivity index (χ0v) is 26.8. The van der Waals surface area contributed by atoms with Gasteiger partial charge in [-0.25, -0.2) is 4.98 Å². The zero-order valence-electron chi connectivity index (χ0n) is 26.8. The maximum Gasteiger partial charge on any atom is 0.238 e. The number of hydrogen-bond acceptors (Lipinski definition) is 3. The van der Waals surface area contributed by atoms with Crippen LogP contribution in [0.1, 0.15) is 0 Å². The Kier molecular flexibility index (Phi) is 5.60. The molecule has 0 radical (unpaired) electrons. The van der Waals surface area contributed by atoms with E-state index >= 15 is 0 Å². The fraction of sp³-hybridized carbons (Fsp3) is 0. The number of aromatic nitrogens is 5. The van der Waals surface area contributed by atoms with Gasteiger partial charge in [0.1, 0.15) is 0 Å². The smallest absolute Gasteiger partial charge is 0.238 e. The van der Waals surface area contributed by atoms with Gasteiger partial charge in [0.2, 0.25) is 5.95 Å². The van der Waals surface area contributed by atoms with Crippen LogP contribution in [0, 0.1) is 0 Å². The molecule has 0 aliphatic heterocycles. The molecule has 232 valence electrons. The summed E-state index contributed by atoms with van der Waals surface area (Å²) >= 11 is 0. The van der Waals surface area contributed by atoms with Gasteiger partial charge in [0.15, 0.2) is 11.6 Å². The molecule has 3 heterocycles. The Labute approximate surface area is 286 Å². The minimum atomic E-state index is 0.594. The molecule has 0 N–H and O–H groups in total. The van der Waals surface area contributed by atoms with E-state index in [4.69, 9.17) is 15.0 Å². The molecular weight excluding hydrogens is 611 g/mol. The molecule has 0 aliphatic carbocycles. The Morgan fingerprint density at radius 3 is 1.06 bits per heavy atom. The van der Waals surface area contributed by atoms with Gasteiger partial charge in [-0.15, -0.1) is 0 Å². The second-order valence-electron chi connectivity index (χ2n) is 12.8. The molecule has 8 aromatic carbocycles. The van der Waals surface area contributed by atoms with E-state index in [9.17, 15) is 0 Å². The van der Waals surface area contributed by atoms with E-state index in [2.05, 4.69) is 137 Å². The molecule has 11 rings (SSSR count). The van der Waals surface area contributed by atoms with Crippen molar-refractivity contribution >= 4 is 65.2 Å². The van der Waals surface area contributed by atoms with E-state index in [0.29, 0.717) is 17.6 Å². The van der Waals surface area contributed by atoms with Crippen molar-refractivity contribution in [2.24, 2.45) is 0 Å². The third-order valence-electron chi connectivity index (χ3n) is 10.1. The van der Waals surface area contributed by atoms with Crippen LogP contribution in [-0.2, 0) is 0 Å². The van der Waals surface area contributed by atoms with Gasteiger partial charge in [-0.3, -0.25) is 4.57 Å². The van der Waals surface area contributed by atoms with Crippen LogP contribution < -0.4 is 0 Å². The highest BCUT2D eigenvalue weighted by atomic mass is 15.2. The van der Waals surface area contributed by atoms with Crippen LogP contribution in [0.4, 0.5) is 0 Å². The number of rotatable bonds is 4. The largest absolute Gasteiger partial charge is 0.309 e. The van der Waals surface area contributed by atoms with Crippen molar-refractivity contribution in [1.29, 1.82) is 0 Å². The first-order valence-electron chi connectivity index (χ1n) is 16.9. The third kappa shape index (κ3) is 3.74. The summed E-state index contributed by atoms with van der Waals surface area (Å²) in [6, 6.07) is 57.8. The molecule has 0 unspecified atom stereocenters. The zero-order chi connectivity index (χ0) is 32.8. The molecule has 0 atom stereocenters. The minimum absolute atomic E-state index is 0.594. The van der Waals surface area contributed by atoms with Crippen LogP contribution in [0.3, 0.4) is 0 Å². The highest BCUT2D eigenvalue weighted by Gasteiger charge is 2.24. The van der Waals surface area contributed by atoms with Crippen molar-refractivity contribution in [3.63, 3.8) is 0 Å². The fourth-order valence-corrected chi connectivity index (χ4v) is 8.08. The van der Waals surface area contributed by atoms with Gasteiger partial charge < -0.3 is 4.57 Å². The van der Waals surface area contributed by atoms with Gasteiger partial charge >= 0.3 is 0 Å². The van der Waals surface area contributed by atoms with Crippen molar-refractivity contribution in [3.8, 4) is 34.4 Å². The molecule has 0 saturated carbocycles. The van der Waals surface area contributed by atoms with E-state index in [-0.39, 0.29) is 0 Å². The molecule has 3 aromatic heterocycles. The number of fused-ring (bicyclic) bond motifs is 2. The number of para-hydroxylation sites is 1. The lowest BCUT2D eigenvalue weighted by Gasteiger charge is -2.11. The van der Waals surface area contributed by atoms with Gasteiger partial charge in [0.05, 0.1) is 22.1 Å². The summed E-state index contributed by atoms with van der Waals surface area (Å²) in [5.41, 5.74) is 7.55. The van der Waals surface area contributed by atoms with Crippen molar-refractivity contribution in [2.75, 3.05) is 0 Å². The topological polar surface area (TPSA) is 48.5 Å². The van der Waals surface area contributed by atoms with Crippen LogP contribution in [-0.4, -0.2) is 24.1 Å². The first-order chi connectivity index (χ1) is 24.8. The summed E-state index contributed by atoms with van der Waals surface area (Å²) in [5.74, 6) is 1.87. The minimum Gasteiger partial charge on any atom is -0.309 e. The summed E-state index contributed by atoms with van der Waals surface area (Å²) in [6.07, 6.45) is 0. The normalized spacial score (nSPS) is 12.0. The maximum absolute atomic E-state index is 5.19. The average molecular weight is 638 g/mol. The Morgan fingerprint density at radius 2 is 0.660 bits per heavy atom.